The summed E-state index contributed by atoms with van der Waals surface area (Å²) in [6, 6.07) is 24.9. The molecule has 18 N–H and O–H groups in total. The van der Waals surface area contributed by atoms with E-state index in [-0.39, 0.29) is 0 Å². The second-order valence-electron chi connectivity index (χ2n) is 24.5. The highest BCUT2D eigenvalue weighted by molar-refractivity contribution is 6.00. The number of aryl methyl sites for hydroxylation is 4. The molecule has 0 unspecified atom stereocenters. The van der Waals surface area contributed by atoms with Crippen molar-refractivity contribution in [3.05, 3.63) is 120 Å². The number of nitrogens with zero attached hydrogens (tertiary/aromatic N) is 3. The number of benzene rings is 5. The number of rotatable bonds is 29. The Balaban J connectivity index is 0.000000155. The highest BCUT2D eigenvalue weighted by Gasteiger charge is 2.16. The van der Waals surface area contributed by atoms with Gasteiger partial charge >= 0.3 is 0 Å². The molecule has 2 aliphatic heterocycles. The van der Waals surface area contributed by atoms with Crippen LogP contribution in [0.4, 0.5) is 28.4 Å². The molecule has 0 spiro atoms. The van der Waals surface area contributed by atoms with E-state index in [9.17, 15) is 0 Å². The number of ether oxygens (including phenoxy) is 7. The summed E-state index contributed by atoms with van der Waals surface area (Å²) in [6.45, 7) is 26.4. The first kappa shape index (κ1) is 73.3. The van der Waals surface area contributed by atoms with Crippen LogP contribution in [0.1, 0.15) is 54.6 Å². The second-order valence-corrected chi connectivity index (χ2v) is 24.5. The number of piperidine rings is 1. The quantitative estimate of drug-likeness (QED) is 0.0153. The molecular formula is C73H108N16O7. The van der Waals surface area contributed by atoms with Gasteiger partial charge in [-0.05, 0) is 184 Å². The summed E-state index contributed by atoms with van der Waals surface area (Å²) in [6.07, 6.45) is 12.4. The Kier molecular flexibility index (Phi) is 29.2. The van der Waals surface area contributed by atoms with Crippen LogP contribution in [-0.2, 0) is 9.47 Å². The van der Waals surface area contributed by atoms with Crippen LogP contribution in [0.5, 0.6) is 28.7 Å². The number of anilines is 5. The van der Waals surface area contributed by atoms with Gasteiger partial charge in [-0.1, -0.05) is 6.42 Å². The van der Waals surface area contributed by atoms with Crippen LogP contribution in [-0.4, -0.2) is 199 Å². The Bertz CT molecular complexity index is 3920. The molecule has 5 aromatic heterocycles. The van der Waals surface area contributed by atoms with Gasteiger partial charge in [-0.25, -0.2) is 0 Å². The molecule has 10 aromatic rings. The zero-order valence-corrected chi connectivity index (χ0v) is 58.0. The third-order valence-electron chi connectivity index (χ3n) is 17.3. The Hall–Kier alpha value is -8.52. The van der Waals surface area contributed by atoms with E-state index >= 15 is 0 Å². The van der Waals surface area contributed by atoms with Crippen LogP contribution in [0.2, 0.25) is 0 Å². The summed E-state index contributed by atoms with van der Waals surface area (Å²) in [4.78, 5) is 23.4. The van der Waals surface area contributed by atoms with Crippen molar-refractivity contribution in [3.8, 4) is 28.7 Å². The lowest BCUT2D eigenvalue weighted by Crippen LogP contribution is -2.36. The molecule has 2 saturated heterocycles. The lowest BCUT2D eigenvalue weighted by molar-refractivity contribution is 0.147. The number of H-pyrrole nitrogens is 5. The molecule has 0 radical (unpaired) electrons. The third kappa shape index (κ3) is 21.0. The normalized spacial score (nSPS) is 13.3. The van der Waals surface area contributed by atoms with Crippen LogP contribution in [0.3, 0.4) is 0 Å². The number of likely N-dealkylation sites (tertiary alicyclic amines) is 2. The summed E-state index contributed by atoms with van der Waals surface area (Å²) in [7, 11) is 7.44. The number of fused-ring (bicyclic) bond motifs is 5. The number of nitrogens with one attached hydrogen (secondary N) is 8. The third-order valence-corrected chi connectivity index (χ3v) is 17.3. The molecule has 0 saturated carbocycles. The van der Waals surface area contributed by atoms with Gasteiger partial charge in [-0.3, -0.25) is 0 Å². The average Bonchev–Trinajstić information content (AvgIpc) is 1.65. The van der Waals surface area contributed by atoms with Crippen molar-refractivity contribution in [3.63, 3.8) is 0 Å². The number of likely N-dealkylation sites (N-methyl/N-ethyl adjacent to an activating group) is 1. The van der Waals surface area contributed by atoms with E-state index in [0.29, 0.717) is 46.2 Å². The Morgan fingerprint density at radius 2 is 0.708 bits per heavy atom. The van der Waals surface area contributed by atoms with Crippen LogP contribution in [0.25, 0.3) is 54.5 Å². The maximum Gasteiger partial charge on any atom is 0.143 e. The Morgan fingerprint density at radius 1 is 0.385 bits per heavy atom. The molecule has 522 valence electrons. The molecule has 0 aliphatic carbocycles. The maximum atomic E-state index is 6.10. The minimum atomic E-state index is 0.534. The zero-order valence-electron chi connectivity index (χ0n) is 58.0. The van der Waals surface area contributed by atoms with Gasteiger partial charge in [-0.2, -0.15) is 0 Å². The van der Waals surface area contributed by atoms with Crippen molar-refractivity contribution in [2.24, 2.45) is 0 Å². The highest BCUT2D eigenvalue weighted by Crippen LogP contribution is 2.36. The van der Waals surface area contributed by atoms with Gasteiger partial charge in [-0.15, -0.1) is 0 Å². The van der Waals surface area contributed by atoms with Gasteiger partial charge in [0.15, 0.2) is 0 Å². The minimum absolute atomic E-state index is 0.534. The van der Waals surface area contributed by atoms with E-state index in [1.54, 1.807) is 14.2 Å². The summed E-state index contributed by atoms with van der Waals surface area (Å²) >= 11 is 0. The van der Waals surface area contributed by atoms with Gasteiger partial charge in [0.2, 0.25) is 0 Å². The summed E-state index contributed by atoms with van der Waals surface area (Å²) in [5.41, 5.74) is 43.2. The van der Waals surface area contributed by atoms with Crippen LogP contribution in [0, 0.1) is 27.7 Å². The first-order chi connectivity index (χ1) is 46.7. The fourth-order valence-electron chi connectivity index (χ4n) is 11.8. The van der Waals surface area contributed by atoms with Crippen molar-refractivity contribution in [1.29, 1.82) is 0 Å². The van der Waals surface area contributed by atoms with Crippen molar-refractivity contribution in [1.82, 2.24) is 55.6 Å². The minimum Gasteiger partial charge on any atom is -0.490 e. The molecule has 0 bridgehead atoms. The van der Waals surface area contributed by atoms with E-state index < -0.39 is 0 Å². The van der Waals surface area contributed by atoms with E-state index in [2.05, 4.69) is 90.4 Å². The number of aromatic nitrogens is 5. The molecule has 23 nitrogen and oxygen atoms in total. The number of methoxy groups -OCH3 is 2. The first-order valence-corrected chi connectivity index (χ1v) is 33.8. The van der Waals surface area contributed by atoms with Gasteiger partial charge in [0.25, 0.3) is 0 Å². The van der Waals surface area contributed by atoms with Crippen molar-refractivity contribution in [2.75, 3.05) is 188 Å². The van der Waals surface area contributed by atoms with Crippen molar-refractivity contribution in [2.45, 2.75) is 59.8 Å². The molecule has 2 fully saturated rings. The van der Waals surface area contributed by atoms with Crippen molar-refractivity contribution < 1.29 is 33.2 Å². The summed E-state index contributed by atoms with van der Waals surface area (Å²) in [5, 5.41) is 15.4. The Labute approximate surface area is 566 Å². The molecule has 0 amide bonds. The predicted molar refractivity (Wildman–Crippen MR) is 397 cm³/mol. The number of nitrogen functional groups attached to an aromatic ring is 5. The van der Waals surface area contributed by atoms with Gasteiger partial charge < -0.3 is 117 Å². The fraction of sp³-hybridized carbons (Fsp3) is 0.452. The lowest BCUT2D eigenvalue weighted by Gasteiger charge is -2.26. The number of hydrogen-bond donors (Lipinski definition) is 13. The predicted octanol–water partition coefficient (Wildman–Crippen LogP) is 10.1. The Morgan fingerprint density at radius 3 is 1.06 bits per heavy atom. The molecule has 7 heterocycles. The highest BCUT2D eigenvalue weighted by atomic mass is 16.5. The number of hydrogen-bond acceptors (Lipinski definition) is 18. The molecule has 2 aliphatic rings. The summed E-state index contributed by atoms with van der Waals surface area (Å²) < 4.78 is 38.7. The zero-order chi connectivity index (χ0) is 68.2. The van der Waals surface area contributed by atoms with E-state index in [1.165, 1.54) is 69.4 Å². The topological polar surface area (TPSA) is 319 Å². The van der Waals surface area contributed by atoms with E-state index in [0.717, 1.165) is 182 Å². The van der Waals surface area contributed by atoms with Gasteiger partial charge in [0.1, 0.15) is 61.8 Å². The van der Waals surface area contributed by atoms with Crippen LogP contribution in [0.15, 0.2) is 97.5 Å². The molecule has 0 atom stereocenters. The molecule has 5 aromatic carbocycles. The summed E-state index contributed by atoms with van der Waals surface area (Å²) in [5.74, 6) is 4.23. The smallest absolute Gasteiger partial charge is 0.143 e. The fourth-order valence-corrected chi connectivity index (χ4v) is 11.8. The first-order valence-electron chi connectivity index (χ1n) is 33.8. The van der Waals surface area contributed by atoms with Gasteiger partial charge in [0, 0.05) is 158 Å². The van der Waals surface area contributed by atoms with E-state index in [4.69, 9.17) is 61.8 Å². The standard InChI is InChI=1S/C18H28N4O.C17H26N4O.C14H22N4O.C13H18N2O2.C11H14N2O2/c1-13-14(2)21-18-16(6-5-15(19)17(13)18)23-12-8-20-7-11-22-9-3-4-10-22;18-15-4-5-16(17-14(15)6-7-20-17)22-13-9-19-8-12-21-10-2-1-3-11-21;1-18(2)9-7-16-8-10-19-13-4-3-12(15)11-5-6-17-14(11)13;1-8-9(2)15-13-11(17-7-6-16-3)5-4-10(14)12(8)13;1-14-6-7-15-10-3-2-9(12)8-4-5-13-11(8)10/h5-6,20-21H,3-4,7-12,19H2,1-2H3;4-7,19-20H,1-3,8-13,18H2;3-6,16-17H,7-10,15H2,1-2H3;4-5,15H,6-7,14H2,1-3H3;2-5,13H,6-7,12H2,1H3. The SMILES string of the molecule is CN(C)CCNCCOc1ccc(N)c2cc[nH]c12.COCCOc1ccc(N)c2c(C)c(C)[nH]c12.COCCOc1ccc(N)c2cc[nH]c12.Cc1[nH]c2c(OCCNCCN3CCCC3)ccc(N)c2c1C.Nc1ccc(OCCNCCN2CCCCC2)c2[nH]ccc12. The van der Waals surface area contributed by atoms with Crippen molar-refractivity contribution >= 4 is 83.0 Å². The maximum absolute atomic E-state index is 6.10. The molecular weight excluding hydrogens is 1210 g/mol. The number of aromatic amines is 5. The largest absolute Gasteiger partial charge is 0.490 e. The van der Waals surface area contributed by atoms with Gasteiger partial charge in [0.05, 0.1) is 40.8 Å². The molecule has 96 heavy (non-hydrogen) atoms. The number of nitrogens with two attached hydrogens (primary N) is 5. The monoisotopic (exact) mass is 1320 g/mol. The average molecular weight is 1320 g/mol. The van der Waals surface area contributed by atoms with E-state index in [1.807, 2.05) is 104 Å². The molecule has 12 rings (SSSR count). The lowest BCUT2D eigenvalue weighted by atomic mass is 10.1. The van der Waals surface area contributed by atoms with Crippen LogP contribution >= 0.6 is 0 Å². The molecule has 23 heteroatoms. The van der Waals surface area contributed by atoms with Crippen LogP contribution < -0.4 is 68.3 Å². The second kappa shape index (κ2) is 38.3.